The van der Waals surface area contributed by atoms with Gasteiger partial charge in [-0.25, -0.2) is 0 Å². The summed E-state index contributed by atoms with van der Waals surface area (Å²) in [7, 11) is 0. The number of rotatable bonds is 3. The molecular formula is C19H18N2O2. The number of hydrogen-bond acceptors (Lipinski definition) is 3. The molecule has 2 aromatic carbocycles. The zero-order valence-electron chi connectivity index (χ0n) is 13.4. The van der Waals surface area contributed by atoms with Gasteiger partial charge in [-0.05, 0) is 38.5 Å². The predicted molar refractivity (Wildman–Crippen MR) is 90.5 cm³/mol. The molecule has 0 aliphatic heterocycles. The van der Waals surface area contributed by atoms with Crippen molar-refractivity contribution in [2.45, 2.75) is 20.8 Å². The van der Waals surface area contributed by atoms with Gasteiger partial charge in [-0.3, -0.25) is 4.79 Å². The van der Waals surface area contributed by atoms with Crippen LogP contribution in [0.2, 0.25) is 0 Å². The smallest absolute Gasteiger partial charge is 0.261 e. The monoisotopic (exact) mass is 306 g/mol. The molecule has 0 spiro atoms. The fourth-order valence-electron chi connectivity index (χ4n) is 2.46. The zero-order valence-corrected chi connectivity index (χ0v) is 13.4. The molecule has 1 heterocycles. The van der Waals surface area contributed by atoms with Crippen molar-refractivity contribution in [2.24, 2.45) is 0 Å². The molecule has 0 saturated heterocycles. The van der Waals surface area contributed by atoms with Crippen LogP contribution in [-0.4, -0.2) is 11.1 Å². The Balaban J connectivity index is 1.95. The van der Waals surface area contributed by atoms with Crippen molar-refractivity contribution < 1.29 is 9.32 Å². The molecular weight excluding hydrogens is 288 g/mol. The van der Waals surface area contributed by atoms with Gasteiger partial charge in [0, 0.05) is 11.3 Å². The molecule has 1 amide bonds. The lowest BCUT2D eigenvalue weighted by Gasteiger charge is -2.06. The van der Waals surface area contributed by atoms with E-state index >= 15 is 0 Å². The Morgan fingerprint density at radius 1 is 1.00 bits per heavy atom. The minimum atomic E-state index is -0.218. The molecule has 0 fully saturated rings. The second-order valence-corrected chi connectivity index (χ2v) is 5.66. The summed E-state index contributed by atoms with van der Waals surface area (Å²) >= 11 is 0. The van der Waals surface area contributed by atoms with Crippen LogP contribution < -0.4 is 5.32 Å². The summed E-state index contributed by atoms with van der Waals surface area (Å²) in [6.45, 7) is 5.77. The summed E-state index contributed by atoms with van der Waals surface area (Å²) in [5.74, 6) is 0.276. The minimum absolute atomic E-state index is 0.218. The van der Waals surface area contributed by atoms with E-state index in [0.29, 0.717) is 17.0 Å². The van der Waals surface area contributed by atoms with Crippen LogP contribution in [0.15, 0.2) is 53.1 Å². The lowest BCUT2D eigenvalue weighted by molar-refractivity contribution is 0.102. The number of amides is 1. The van der Waals surface area contributed by atoms with Gasteiger partial charge in [0.2, 0.25) is 0 Å². The first-order valence-electron chi connectivity index (χ1n) is 7.46. The molecule has 0 aliphatic rings. The first-order valence-corrected chi connectivity index (χ1v) is 7.46. The van der Waals surface area contributed by atoms with E-state index in [4.69, 9.17) is 4.52 Å². The van der Waals surface area contributed by atoms with E-state index in [1.165, 1.54) is 0 Å². The Hall–Kier alpha value is -2.88. The van der Waals surface area contributed by atoms with Crippen molar-refractivity contribution in [1.82, 2.24) is 5.16 Å². The van der Waals surface area contributed by atoms with E-state index in [0.717, 1.165) is 22.4 Å². The van der Waals surface area contributed by atoms with Gasteiger partial charge in [0.1, 0.15) is 5.56 Å². The van der Waals surface area contributed by atoms with E-state index in [1.807, 2.05) is 62.4 Å². The third-order valence-corrected chi connectivity index (χ3v) is 3.68. The van der Waals surface area contributed by atoms with E-state index in [2.05, 4.69) is 10.5 Å². The summed E-state index contributed by atoms with van der Waals surface area (Å²) in [5, 5.41) is 6.87. The molecule has 0 aliphatic carbocycles. The molecule has 1 N–H and O–H groups in total. The van der Waals surface area contributed by atoms with Gasteiger partial charge in [-0.1, -0.05) is 47.1 Å². The largest absolute Gasteiger partial charge is 0.355 e. The van der Waals surface area contributed by atoms with Crippen LogP contribution in [0.1, 0.15) is 27.2 Å². The first kappa shape index (κ1) is 15.0. The van der Waals surface area contributed by atoms with Gasteiger partial charge in [0.05, 0.1) is 5.69 Å². The number of aryl methyl sites for hydroxylation is 3. The van der Waals surface area contributed by atoms with Gasteiger partial charge in [-0.15, -0.1) is 0 Å². The highest BCUT2D eigenvalue weighted by molar-refractivity contribution is 6.08. The minimum Gasteiger partial charge on any atom is -0.355 e. The average molecular weight is 306 g/mol. The molecule has 0 atom stereocenters. The van der Waals surface area contributed by atoms with E-state index in [9.17, 15) is 4.79 Å². The first-order chi connectivity index (χ1) is 11.0. The molecule has 23 heavy (non-hydrogen) atoms. The van der Waals surface area contributed by atoms with Crippen molar-refractivity contribution in [3.63, 3.8) is 0 Å². The SMILES string of the molecule is Cc1ccc(-c2onc(C)c2C(=O)Nc2cccc(C)c2)cc1. The van der Waals surface area contributed by atoms with Crippen molar-refractivity contribution >= 4 is 11.6 Å². The number of carbonyl (C=O) groups excluding carboxylic acids is 1. The van der Waals surface area contributed by atoms with Crippen LogP contribution in [-0.2, 0) is 0 Å². The summed E-state index contributed by atoms with van der Waals surface area (Å²) in [6.07, 6.45) is 0. The van der Waals surface area contributed by atoms with Crippen molar-refractivity contribution in [3.8, 4) is 11.3 Å². The highest BCUT2D eigenvalue weighted by Gasteiger charge is 2.21. The Morgan fingerprint density at radius 3 is 2.43 bits per heavy atom. The predicted octanol–water partition coefficient (Wildman–Crippen LogP) is 4.52. The van der Waals surface area contributed by atoms with Gasteiger partial charge in [0.25, 0.3) is 5.91 Å². The Bertz CT molecular complexity index is 848. The van der Waals surface area contributed by atoms with Gasteiger partial charge in [0.15, 0.2) is 5.76 Å². The van der Waals surface area contributed by atoms with Gasteiger partial charge < -0.3 is 9.84 Å². The van der Waals surface area contributed by atoms with Crippen molar-refractivity contribution in [3.05, 3.63) is 70.9 Å². The number of benzene rings is 2. The average Bonchev–Trinajstić information content (AvgIpc) is 2.90. The summed E-state index contributed by atoms with van der Waals surface area (Å²) < 4.78 is 5.39. The lowest BCUT2D eigenvalue weighted by Crippen LogP contribution is -2.13. The van der Waals surface area contributed by atoms with Crippen molar-refractivity contribution in [1.29, 1.82) is 0 Å². The molecule has 3 aromatic rings. The lowest BCUT2D eigenvalue weighted by atomic mass is 10.0. The molecule has 3 rings (SSSR count). The third-order valence-electron chi connectivity index (χ3n) is 3.68. The Kier molecular flexibility index (Phi) is 3.98. The number of nitrogens with one attached hydrogen (secondary N) is 1. The molecule has 0 unspecified atom stereocenters. The maximum Gasteiger partial charge on any atom is 0.261 e. The summed E-state index contributed by atoms with van der Waals surface area (Å²) in [5.41, 5.74) is 4.87. The van der Waals surface area contributed by atoms with E-state index in [-0.39, 0.29) is 5.91 Å². The van der Waals surface area contributed by atoms with E-state index < -0.39 is 0 Å². The van der Waals surface area contributed by atoms with Crippen LogP contribution >= 0.6 is 0 Å². The fraction of sp³-hybridized carbons (Fsp3) is 0.158. The Morgan fingerprint density at radius 2 is 1.74 bits per heavy atom. The third kappa shape index (κ3) is 3.16. The van der Waals surface area contributed by atoms with Crippen LogP contribution in [0, 0.1) is 20.8 Å². The second-order valence-electron chi connectivity index (χ2n) is 5.66. The van der Waals surface area contributed by atoms with Gasteiger partial charge >= 0.3 is 0 Å². The van der Waals surface area contributed by atoms with Crippen LogP contribution in [0.3, 0.4) is 0 Å². The maximum atomic E-state index is 12.7. The van der Waals surface area contributed by atoms with Crippen LogP contribution in [0.25, 0.3) is 11.3 Å². The highest BCUT2D eigenvalue weighted by Crippen LogP contribution is 2.27. The fourth-order valence-corrected chi connectivity index (χ4v) is 2.46. The van der Waals surface area contributed by atoms with E-state index in [1.54, 1.807) is 6.92 Å². The molecule has 4 heteroatoms. The van der Waals surface area contributed by atoms with Crippen molar-refractivity contribution in [2.75, 3.05) is 5.32 Å². The molecule has 116 valence electrons. The number of hydrogen-bond donors (Lipinski definition) is 1. The second kappa shape index (κ2) is 6.08. The molecule has 0 bridgehead atoms. The molecule has 0 radical (unpaired) electrons. The standard InChI is InChI=1S/C19H18N2O2/c1-12-7-9-15(10-8-12)18-17(14(3)21-23-18)19(22)20-16-6-4-5-13(2)11-16/h4-11H,1-3H3,(H,20,22). The number of aromatic nitrogens is 1. The topological polar surface area (TPSA) is 55.1 Å². The quantitative estimate of drug-likeness (QED) is 0.774. The maximum absolute atomic E-state index is 12.7. The Labute approximate surface area is 135 Å². The number of anilines is 1. The molecule has 1 aromatic heterocycles. The zero-order chi connectivity index (χ0) is 16.4. The summed E-state index contributed by atoms with van der Waals surface area (Å²) in [6, 6.07) is 15.5. The highest BCUT2D eigenvalue weighted by atomic mass is 16.5. The van der Waals surface area contributed by atoms with Crippen LogP contribution in [0.5, 0.6) is 0 Å². The number of carbonyl (C=O) groups is 1. The number of nitrogens with zero attached hydrogens (tertiary/aromatic N) is 1. The molecule has 0 saturated carbocycles. The normalized spacial score (nSPS) is 10.6. The summed E-state index contributed by atoms with van der Waals surface area (Å²) in [4.78, 5) is 12.7. The molecule has 4 nitrogen and oxygen atoms in total. The van der Waals surface area contributed by atoms with Gasteiger partial charge in [-0.2, -0.15) is 0 Å². The van der Waals surface area contributed by atoms with Crippen LogP contribution in [0.4, 0.5) is 5.69 Å².